The molecule has 0 aliphatic carbocycles. The summed E-state index contributed by atoms with van der Waals surface area (Å²) in [6, 6.07) is 3.15. The Morgan fingerprint density at radius 3 is 2.47 bits per heavy atom. The molecular formula is C14H19NO4. The molecule has 0 saturated carbocycles. The molecule has 5 heteroatoms. The van der Waals surface area contributed by atoms with Crippen LogP contribution in [-0.2, 0) is 4.74 Å². The number of anilines is 1. The van der Waals surface area contributed by atoms with Gasteiger partial charge in [0.2, 0.25) is 0 Å². The minimum atomic E-state index is -1.01. The lowest BCUT2D eigenvalue weighted by Gasteiger charge is -2.12. The summed E-state index contributed by atoms with van der Waals surface area (Å²) < 4.78 is 4.98. The van der Waals surface area contributed by atoms with Crippen molar-refractivity contribution in [3.8, 4) is 0 Å². The Labute approximate surface area is 112 Å². The lowest BCUT2D eigenvalue weighted by molar-refractivity contribution is 0.0696. The van der Waals surface area contributed by atoms with E-state index in [0.717, 1.165) is 5.56 Å². The SMILES string of the molecule is Cc1cc(NC(=O)OCC(C)C)cc(C(=O)O)c1C. The Morgan fingerprint density at radius 1 is 1.32 bits per heavy atom. The second kappa shape index (κ2) is 6.22. The Balaban J connectivity index is 2.85. The van der Waals surface area contributed by atoms with Crippen molar-refractivity contribution < 1.29 is 19.4 Å². The van der Waals surface area contributed by atoms with Crippen molar-refractivity contribution in [2.24, 2.45) is 5.92 Å². The molecule has 0 aromatic heterocycles. The van der Waals surface area contributed by atoms with Gasteiger partial charge in [-0.25, -0.2) is 9.59 Å². The second-order valence-electron chi connectivity index (χ2n) is 4.89. The number of hydrogen-bond acceptors (Lipinski definition) is 3. The van der Waals surface area contributed by atoms with Crippen molar-refractivity contribution in [1.29, 1.82) is 0 Å². The van der Waals surface area contributed by atoms with E-state index in [2.05, 4.69) is 5.32 Å². The average molecular weight is 265 g/mol. The number of benzene rings is 1. The van der Waals surface area contributed by atoms with Gasteiger partial charge in [-0.15, -0.1) is 0 Å². The standard InChI is InChI=1S/C14H19NO4/c1-8(2)7-19-14(18)15-11-5-9(3)10(4)12(6-11)13(16)17/h5-6,8H,7H2,1-4H3,(H,15,18)(H,16,17). The summed E-state index contributed by atoms with van der Waals surface area (Å²) in [7, 11) is 0. The fraction of sp³-hybridized carbons (Fsp3) is 0.429. The van der Waals surface area contributed by atoms with Crippen LogP contribution in [0.2, 0.25) is 0 Å². The van der Waals surface area contributed by atoms with Gasteiger partial charge in [-0.2, -0.15) is 0 Å². The minimum Gasteiger partial charge on any atom is -0.478 e. The number of carbonyl (C=O) groups is 2. The van der Waals surface area contributed by atoms with Crippen LogP contribution in [0.1, 0.15) is 35.3 Å². The first-order valence-electron chi connectivity index (χ1n) is 6.09. The third-order valence-corrected chi connectivity index (χ3v) is 2.69. The highest BCUT2D eigenvalue weighted by molar-refractivity contribution is 5.93. The van der Waals surface area contributed by atoms with Crippen LogP contribution in [0.3, 0.4) is 0 Å². The molecule has 0 aliphatic rings. The van der Waals surface area contributed by atoms with Gasteiger partial charge < -0.3 is 9.84 Å². The Kier molecular flexibility index (Phi) is 4.92. The first-order chi connectivity index (χ1) is 8.81. The van der Waals surface area contributed by atoms with Crippen LogP contribution in [0.25, 0.3) is 0 Å². The average Bonchev–Trinajstić information content (AvgIpc) is 2.30. The van der Waals surface area contributed by atoms with Gasteiger partial charge >= 0.3 is 12.1 Å². The van der Waals surface area contributed by atoms with Crippen LogP contribution in [0.4, 0.5) is 10.5 Å². The van der Waals surface area contributed by atoms with Crippen molar-refractivity contribution in [1.82, 2.24) is 0 Å². The highest BCUT2D eigenvalue weighted by Crippen LogP contribution is 2.20. The molecule has 0 saturated heterocycles. The number of aryl methyl sites for hydroxylation is 1. The van der Waals surface area contributed by atoms with Gasteiger partial charge in [-0.1, -0.05) is 13.8 Å². The molecule has 1 amide bonds. The molecule has 0 aliphatic heterocycles. The molecule has 0 fully saturated rings. The maximum Gasteiger partial charge on any atom is 0.411 e. The van der Waals surface area contributed by atoms with Gasteiger partial charge in [0.15, 0.2) is 0 Å². The first kappa shape index (κ1) is 15.0. The summed E-state index contributed by atoms with van der Waals surface area (Å²) in [6.45, 7) is 7.73. The second-order valence-corrected chi connectivity index (χ2v) is 4.89. The van der Waals surface area contributed by atoms with E-state index in [9.17, 15) is 9.59 Å². The molecule has 104 valence electrons. The molecule has 0 heterocycles. The van der Waals surface area contributed by atoms with Crippen molar-refractivity contribution in [3.63, 3.8) is 0 Å². The van der Waals surface area contributed by atoms with Gasteiger partial charge in [-0.3, -0.25) is 5.32 Å². The molecule has 1 aromatic carbocycles. The number of carboxylic acid groups (broad SMARTS) is 1. The smallest absolute Gasteiger partial charge is 0.411 e. The third-order valence-electron chi connectivity index (χ3n) is 2.69. The number of rotatable bonds is 4. The van der Waals surface area contributed by atoms with Crippen molar-refractivity contribution in [2.45, 2.75) is 27.7 Å². The van der Waals surface area contributed by atoms with E-state index in [-0.39, 0.29) is 11.5 Å². The molecule has 19 heavy (non-hydrogen) atoms. The minimum absolute atomic E-state index is 0.180. The Hall–Kier alpha value is -2.04. The van der Waals surface area contributed by atoms with E-state index in [1.54, 1.807) is 19.9 Å². The lowest BCUT2D eigenvalue weighted by atomic mass is 10.0. The normalized spacial score (nSPS) is 10.4. The van der Waals surface area contributed by atoms with Crippen LogP contribution < -0.4 is 5.32 Å². The van der Waals surface area contributed by atoms with Gasteiger partial charge in [0.05, 0.1) is 12.2 Å². The molecule has 1 aromatic rings. The van der Waals surface area contributed by atoms with Crippen molar-refractivity contribution in [2.75, 3.05) is 11.9 Å². The van der Waals surface area contributed by atoms with E-state index >= 15 is 0 Å². The fourth-order valence-electron chi connectivity index (χ4n) is 1.55. The number of ether oxygens (including phenoxy) is 1. The van der Waals surface area contributed by atoms with E-state index in [4.69, 9.17) is 9.84 Å². The topological polar surface area (TPSA) is 75.6 Å². The summed E-state index contributed by atoms with van der Waals surface area (Å²) in [5.74, 6) is -0.764. The zero-order valence-electron chi connectivity index (χ0n) is 11.6. The van der Waals surface area contributed by atoms with E-state index < -0.39 is 12.1 Å². The summed E-state index contributed by atoms with van der Waals surface area (Å²) >= 11 is 0. The quantitative estimate of drug-likeness (QED) is 0.876. The number of carboxylic acids is 1. The van der Waals surface area contributed by atoms with E-state index in [1.807, 2.05) is 13.8 Å². The van der Waals surface area contributed by atoms with Gasteiger partial charge in [0, 0.05) is 5.69 Å². The maximum atomic E-state index is 11.5. The molecule has 0 unspecified atom stereocenters. The summed E-state index contributed by atoms with van der Waals surface area (Å²) in [4.78, 5) is 22.6. The van der Waals surface area contributed by atoms with Crippen LogP contribution in [0.5, 0.6) is 0 Å². The monoisotopic (exact) mass is 265 g/mol. The number of amides is 1. The lowest BCUT2D eigenvalue weighted by Crippen LogP contribution is -2.17. The Bertz CT molecular complexity index is 494. The Morgan fingerprint density at radius 2 is 1.95 bits per heavy atom. The molecular weight excluding hydrogens is 246 g/mol. The van der Waals surface area contributed by atoms with Crippen LogP contribution >= 0.6 is 0 Å². The predicted molar refractivity (Wildman–Crippen MR) is 72.7 cm³/mol. The van der Waals surface area contributed by atoms with Gasteiger partial charge in [-0.05, 0) is 43.0 Å². The molecule has 5 nitrogen and oxygen atoms in total. The highest BCUT2D eigenvalue weighted by Gasteiger charge is 2.12. The molecule has 0 spiro atoms. The third kappa shape index (κ3) is 4.28. The van der Waals surface area contributed by atoms with Crippen LogP contribution in [-0.4, -0.2) is 23.8 Å². The zero-order valence-corrected chi connectivity index (χ0v) is 11.6. The fourth-order valence-corrected chi connectivity index (χ4v) is 1.55. The number of hydrogen-bond donors (Lipinski definition) is 2. The first-order valence-corrected chi connectivity index (χ1v) is 6.09. The summed E-state index contributed by atoms with van der Waals surface area (Å²) in [6.07, 6.45) is -0.576. The van der Waals surface area contributed by atoms with Crippen LogP contribution in [0, 0.1) is 19.8 Å². The zero-order chi connectivity index (χ0) is 14.6. The molecule has 0 bridgehead atoms. The largest absolute Gasteiger partial charge is 0.478 e. The highest BCUT2D eigenvalue weighted by atomic mass is 16.5. The van der Waals surface area contributed by atoms with Gasteiger partial charge in [0.1, 0.15) is 0 Å². The maximum absolute atomic E-state index is 11.5. The molecule has 2 N–H and O–H groups in total. The van der Waals surface area contributed by atoms with Crippen LogP contribution in [0.15, 0.2) is 12.1 Å². The van der Waals surface area contributed by atoms with Crippen molar-refractivity contribution in [3.05, 3.63) is 28.8 Å². The molecule has 1 rings (SSSR count). The van der Waals surface area contributed by atoms with E-state index in [1.165, 1.54) is 6.07 Å². The van der Waals surface area contributed by atoms with Crippen molar-refractivity contribution >= 4 is 17.7 Å². The summed E-state index contributed by atoms with van der Waals surface area (Å²) in [5, 5.41) is 11.6. The molecule has 0 radical (unpaired) electrons. The number of carbonyl (C=O) groups excluding carboxylic acids is 1. The van der Waals surface area contributed by atoms with E-state index in [0.29, 0.717) is 17.9 Å². The number of aromatic carboxylic acids is 1. The predicted octanol–water partition coefficient (Wildman–Crippen LogP) is 3.21. The number of nitrogens with one attached hydrogen (secondary N) is 1. The summed E-state index contributed by atoms with van der Waals surface area (Å²) in [5.41, 5.74) is 2.10. The molecule has 0 atom stereocenters. The van der Waals surface area contributed by atoms with Gasteiger partial charge in [0.25, 0.3) is 0 Å².